The van der Waals surface area contributed by atoms with Crippen molar-refractivity contribution in [2.24, 2.45) is 11.7 Å². The van der Waals surface area contributed by atoms with Gasteiger partial charge in [0, 0.05) is 6.54 Å². The van der Waals surface area contributed by atoms with Gasteiger partial charge >= 0.3 is 0 Å². The zero-order chi connectivity index (χ0) is 13.1. The molecule has 1 aliphatic rings. The zero-order valence-corrected chi connectivity index (χ0v) is 11.9. The summed E-state index contributed by atoms with van der Waals surface area (Å²) in [6, 6.07) is 9.19. The number of benzene rings is 1. The lowest BCUT2D eigenvalue weighted by molar-refractivity contribution is 0.411. The molecule has 0 saturated carbocycles. The molecule has 0 aromatic heterocycles. The highest BCUT2D eigenvalue weighted by molar-refractivity contribution is 5.29. The van der Waals surface area contributed by atoms with Crippen LogP contribution in [0.15, 0.2) is 24.3 Å². The van der Waals surface area contributed by atoms with E-state index in [1.54, 1.807) is 0 Å². The average molecular weight is 246 g/mol. The monoisotopic (exact) mass is 246 g/mol. The summed E-state index contributed by atoms with van der Waals surface area (Å²) < 4.78 is 0. The molecule has 0 bridgehead atoms. The van der Waals surface area contributed by atoms with Crippen LogP contribution < -0.4 is 5.73 Å². The predicted molar refractivity (Wildman–Crippen MR) is 77.9 cm³/mol. The van der Waals surface area contributed by atoms with Gasteiger partial charge in [-0.15, -0.1) is 0 Å². The summed E-state index contributed by atoms with van der Waals surface area (Å²) in [5, 5.41) is 0. The van der Waals surface area contributed by atoms with Gasteiger partial charge in [-0.1, -0.05) is 38.1 Å². The first-order valence-electron chi connectivity index (χ1n) is 7.10. The van der Waals surface area contributed by atoms with Crippen LogP contribution in [-0.4, -0.2) is 31.6 Å². The van der Waals surface area contributed by atoms with Crippen molar-refractivity contribution in [3.8, 4) is 0 Å². The lowest BCUT2D eigenvalue weighted by atomic mass is 9.87. The maximum atomic E-state index is 5.88. The van der Waals surface area contributed by atoms with Crippen molar-refractivity contribution in [1.29, 1.82) is 0 Å². The molecule has 1 aromatic carbocycles. The van der Waals surface area contributed by atoms with E-state index in [1.165, 1.54) is 30.6 Å². The van der Waals surface area contributed by atoms with E-state index in [9.17, 15) is 0 Å². The van der Waals surface area contributed by atoms with Crippen LogP contribution in [-0.2, 0) is 0 Å². The first-order valence-corrected chi connectivity index (χ1v) is 7.10. The molecule has 1 aromatic rings. The molecule has 18 heavy (non-hydrogen) atoms. The summed E-state index contributed by atoms with van der Waals surface area (Å²) in [4.78, 5) is 2.41. The zero-order valence-electron chi connectivity index (χ0n) is 11.9. The molecule has 100 valence electrons. The van der Waals surface area contributed by atoms with Gasteiger partial charge in [-0.2, -0.15) is 0 Å². The fourth-order valence-corrected chi connectivity index (χ4v) is 3.02. The van der Waals surface area contributed by atoms with E-state index < -0.39 is 0 Å². The van der Waals surface area contributed by atoms with E-state index in [4.69, 9.17) is 5.73 Å². The summed E-state index contributed by atoms with van der Waals surface area (Å²) in [5.41, 5.74) is 8.76. The Morgan fingerprint density at radius 3 is 2.39 bits per heavy atom. The van der Waals surface area contributed by atoms with Crippen LogP contribution in [0, 0.1) is 5.92 Å². The number of likely N-dealkylation sites (N-methyl/N-ethyl adjacent to an activating group) is 1. The lowest BCUT2D eigenvalue weighted by Crippen LogP contribution is -2.18. The molecular weight excluding hydrogens is 220 g/mol. The van der Waals surface area contributed by atoms with Crippen LogP contribution in [0.4, 0.5) is 0 Å². The summed E-state index contributed by atoms with van der Waals surface area (Å²) in [7, 11) is 2.21. The van der Waals surface area contributed by atoms with Gasteiger partial charge in [-0.3, -0.25) is 0 Å². The van der Waals surface area contributed by atoms with Crippen LogP contribution in [0.25, 0.3) is 0 Å². The Kier molecular flexibility index (Phi) is 4.41. The van der Waals surface area contributed by atoms with Crippen LogP contribution >= 0.6 is 0 Å². The fraction of sp³-hybridized carbons (Fsp3) is 0.625. The van der Waals surface area contributed by atoms with E-state index in [0.717, 1.165) is 12.5 Å². The van der Waals surface area contributed by atoms with Crippen LogP contribution in [0.2, 0.25) is 0 Å². The molecule has 2 unspecified atom stereocenters. The summed E-state index contributed by atoms with van der Waals surface area (Å²) in [5.74, 6) is 1.82. The third-order valence-electron chi connectivity index (χ3n) is 4.29. The number of hydrogen-bond acceptors (Lipinski definition) is 2. The van der Waals surface area contributed by atoms with Crippen molar-refractivity contribution in [3.05, 3.63) is 35.4 Å². The summed E-state index contributed by atoms with van der Waals surface area (Å²) in [6.45, 7) is 7.66. The Balaban J connectivity index is 2.09. The minimum Gasteiger partial charge on any atom is -0.330 e. The summed E-state index contributed by atoms with van der Waals surface area (Å²) >= 11 is 0. The molecule has 1 heterocycles. The minimum atomic E-state index is 0.491. The fourth-order valence-electron chi connectivity index (χ4n) is 3.02. The first-order chi connectivity index (χ1) is 8.61. The van der Waals surface area contributed by atoms with Gasteiger partial charge in [0.2, 0.25) is 0 Å². The highest BCUT2D eigenvalue weighted by Gasteiger charge is 2.21. The van der Waals surface area contributed by atoms with Crippen LogP contribution in [0.5, 0.6) is 0 Å². The molecule has 1 aliphatic heterocycles. The van der Waals surface area contributed by atoms with E-state index in [-0.39, 0.29) is 0 Å². The predicted octanol–water partition coefficient (Wildman–Crippen LogP) is 2.80. The van der Waals surface area contributed by atoms with E-state index in [2.05, 4.69) is 50.1 Å². The Labute approximate surface area is 111 Å². The molecule has 1 fully saturated rings. The number of rotatable bonds is 4. The molecular formula is C16H26N2. The average Bonchev–Trinajstić information content (AvgIpc) is 2.77. The topological polar surface area (TPSA) is 29.3 Å². The van der Waals surface area contributed by atoms with Gasteiger partial charge in [-0.25, -0.2) is 0 Å². The second-order valence-electron chi connectivity index (χ2n) is 6.00. The standard InChI is InChI=1S/C16H26N2/c1-12(2)16(10-17)14-6-4-13(5-7-14)15-8-9-18(3)11-15/h4-7,12,15-16H,8-11,17H2,1-3H3. The number of nitrogens with zero attached hydrogens (tertiary/aromatic N) is 1. The highest BCUT2D eigenvalue weighted by atomic mass is 15.1. The molecule has 2 N–H and O–H groups in total. The SMILES string of the molecule is CC(C)C(CN)c1ccc(C2CCN(C)C2)cc1. The molecule has 0 amide bonds. The van der Waals surface area contributed by atoms with E-state index >= 15 is 0 Å². The van der Waals surface area contributed by atoms with Crippen molar-refractivity contribution < 1.29 is 0 Å². The number of likely N-dealkylation sites (tertiary alicyclic amines) is 1. The first kappa shape index (κ1) is 13.6. The largest absolute Gasteiger partial charge is 0.330 e. The van der Waals surface area contributed by atoms with Crippen molar-refractivity contribution in [2.45, 2.75) is 32.1 Å². The smallest absolute Gasteiger partial charge is 0.00477 e. The van der Waals surface area contributed by atoms with Crippen molar-refractivity contribution in [1.82, 2.24) is 4.90 Å². The number of nitrogens with two attached hydrogens (primary N) is 1. The quantitative estimate of drug-likeness (QED) is 0.885. The normalized spacial score (nSPS) is 22.6. The Hall–Kier alpha value is -0.860. The molecule has 2 heteroatoms. The van der Waals surface area contributed by atoms with Gasteiger partial charge < -0.3 is 10.6 Å². The Bertz CT molecular complexity index is 369. The maximum Gasteiger partial charge on any atom is 0.00477 e. The van der Waals surface area contributed by atoms with Crippen LogP contribution in [0.3, 0.4) is 0 Å². The lowest BCUT2D eigenvalue weighted by Gasteiger charge is -2.20. The number of hydrogen-bond donors (Lipinski definition) is 1. The molecule has 2 atom stereocenters. The van der Waals surface area contributed by atoms with Gasteiger partial charge in [0.05, 0.1) is 0 Å². The minimum absolute atomic E-state index is 0.491. The molecule has 2 nitrogen and oxygen atoms in total. The Morgan fingerprint density at radius 1 is 1.28 bits per heavy atom. The van der Waals surface area contributed by atoms with Crippen LogP contribution in [0.1, 0.15) is 43.2 Å². The third-order valence-corrected chi connectivity index (χ3v) is 4.29. The van der Waals surface area contributed by atoms with Gasteiger partial charge in [0.1, 0.15) is 0 Å². The second-order valence-corrected chi connectivity index (χ2v) is 6.00. The maximum absolute atomic E-state index is 5.88. The van der Waals surface area contributed by atoms with E-state index in [1.807, 2.05) is 0 Å². The highest BCUT2D eigenvalue weighted by Crippen LogP contribution is 2.29. The van der Waals surface area contributed by atoms with Gasteiger partial charge in [0.15, 0.2) is 0 Å². The summed E-state index contributed by atoms with van der Waals surface area (Å²) in [6.07, 6.45) is 1.29. The van der Waals surface area contributed by atoms with Crippen molar-refractivity contribution >= 4 is 0 Å². The second kappa shape index (κ2) is 5.85. The van der Waals surface area contributed by atoms with Gasteiger partial charge in [0.25, 0.3) is 0 Å². The molecule has 0 spiro atoms. The molecule has 0 aliphatic carbocycles. The third kappa shape index (κ3) is 2.93. The molecule has 1 saturated heterocycles. The van der Waals surface area contributed by atoms with Crippen molar-refractivity contribution in [2.75, 3.05) is 26.7 Å². The van der Waals surface area contributed by atoms with E-state index in [0.29, 0.717) is 11.8 Å². The molecule has 2 rings (SSSR count). The molecule has 0 radical (unpaired) electrons. The van der Waals surface area contributed by atoms with Crippen molar-refractivity contribution in [3.63, 3.8) is 0 Å². The van der Waals surface area contributed by atoms with Gasteiger partial charge in [-0.05, 0) is 55.4 Å². The Morgan fingerprint density at radius 2 is 1.94 bits per heavy atom.